The predicted molar refractivity (Wildman–Crippen MR) is 47.6 cm³/mol. The van der Waals surface area contributed by atoms with E-state index in [1.165, 1.54) is 26.4 Å². The molecule has 0 heterocycles. The monoisotopic (exact) mass is 206 g/mol. The van der Waals surface area contributed by atoms with Crippen molar-refractivity contribution in [2.24, 2.45) is 0 Å². The molecule has 1 N–H and O–H groups in total. The van der Waals surface area contributed by atoms with Gasteiger partial charge in [-0.3, -0.25) is 0 Å². The van der Waals surface area contributed by atoms with Crippen LogP contribution in [0.1, 0.15) is 11.8 Å². The second-order valence-electron chi connectivity index (χ2n) is 2.37. The van der Waals surface area contributed by atoms with Crippen LogP contribution >= 0.6 is 0 Å². The minimum atomic E-state index is -1.01. The van der Waals surface area contributed by atoms with Crippen molar-refractivity contribution < 1.29 is 50.4 Å². The van der Waals surface area contributed by atoms with Gasteiger partial charge in [0, 0.05) is 6.07 Å². The molecule has 0 unspecified atom stereocenters. The first kappa shape index (κ1) is 13.3. The summed E-state index contributed by atoms with van der Waals surface area (Å²) in [6.45, 7) is 0. The van der Waals surface area contributed by atoms with Crippen molar-refractivity contribution >= 4 is 5.97 Å². The van der Waals surface area contributed by atoms with E-state index in [-0.39, 0.29) is 36.5 Å². The fraction of sp³-hybridized carbons (Fsp3) is 0.222. The summed E-state index contributed by atoms with van der Waals surface area (Å²) in [5, 5.41) is 8.74. The van der Waals surface area contributed by atoms with E-state index in [2.05, 4.69) is 0 Å². The van der Waals surface area contributed by atoms with E-state index in [4.69, 9.17) is 14.6 Å². The molecule has 0 saturated carbocycles. The van der Waals surface area contributed by atoms with Gasteiger partial charge in [0.1, 0.15) is 17.1 Å². The van der Waals surface area contributed by atoms with Crippen LogP contribution < -0.4 is 39.0 Å². The molecule has 1 rings (SSSR count). The average molecular weight is 206 g/mol. The topological polar surface area (TPSA) is 55.8 Å². The first-order chi connectivity index (χ1) is 6.19. The normalized spacial score (nSPS) is 8.71. The first-order valence-corrected chi connectivity index (χ1v) is 3.64. The molecule has 5 heteroatoms. The Kier molecular flexibility index (Phi) is 5.60. The van der Waals surface area contributed by atoms with Gasteiger partial charge in [0.15, 0.2) is 0 Å². The van der Waals surface area contributed by atoms with E-state index in [1.54, 1.807) is 6.07 Å². The maximum absolute atomic E-state index is 10.7. The van der Waals surface area contributed by atoms with E-state index in [1.807, 2.05) is 0 Å². The number of carboxylic acids is 1. The summed E-state index contributed by atoms with van der Waals surface area (Å²) in [5.74, 6) is -0.145. The number of methoxy groups -OCH3 is 2. The summed E-state index contributed by atoms with van der Waals surface area (Å²) >= 11 is 0. The SMILES string of the molecule is COc1ccc(C(=O)O)c(OC)c1.[H-].[Na+]. The van der Waals surface area contributed by atoms with Crippen molar-refractivity contribution in [3.05, 3.63) is 23.8 Å². The average Bonchev–Trinajstić information content (AvgIpc) is 2.16. The van der Waals surface area contributed by atoms with E-state index in [0.717, 1.165) is 0 Å². The van der Waals surface area contributed by atoms with Gasteiger partial charge < -0.3 is 16.0 Å². The minimum absolute atomic E-state index is 0. The molecule has 1 aromatic carbocycles. The second kappa shape index (κ2) is 5.90. The van der Waals surface area contributed by atoms with Gasteiger partial charge in [0.05, 0.1) is 14.2 Å². The molecule has 0 spiro atoms. The standard InChI is InChI=1S/C9H10O4.Na.H/c1-12-6-3-4-7(9(10)11)8(5-6)13-2;;/h3-5H,1-2H3,(H,10,11);;/q;+1;-1. The molecule has 0 atom stereocenters. The van der Waals surface area contributed by atoms with Crippen LogP contribution in [-0.4, -0.2) is 25.3 Å². The van der Waals surface area contributed by atoms with Crippen LogP contribution in [0.5, 0.6) is 11.5 Å². The van der Waals surface area contributed by atoms with Crippen LogP contribution in [0, 0.1) is 0 Å². The molecule has 0 aliphatic rings. The fourth-order valence-corrected chi connectivity index (χ4v) is 0.975. The zero-order valence-corrected chi connectivity index (χ0v) is 10.4. The smallest absolute Gasteiger partial charge is 1.00 e. The molecule has 0 radical (unpaired) electrons. The van der Waals surface area contributed by atoms with Crippen LogP contribution in [0.2, 0.25) is 0 Å². The zero-order valence-electron chi connectivity index (χ0n) is 9.40. The maximum atomic E-state index is 10.7. The van der Waals surface area contributed by atoms with Crippen LogP contribution in [0.4, 0.5) is 0 Å². The van der Waals surface area contributed by atoms with E-state index in [9.17, 15) is 4.79 Å². The summed E-state index contributed by atoms with van der Waals surface area (Å²) in [5.41, 5.74) is 0.128. The molecule has 0 bridgehead atoms. The zero-order chi connectivity index (χ0) is 9.84. The summed E-state index contributed by atoms with van der Waals surface area (Å²) in [4.78, 5) is 10.7. The van der Waals surface area contributed by atoms with Gasteiger partial charge >= 0.3 is 35.5 Å². The number of hydrogen-bond donors (Lipinski definition) is 1. The predicted octanol–water partition coefficient (Wildman–Crippen LogP) is -1.48. The molecular weight excluding hydrogens is 195 g/mol. The number of aromatic carboxylic acids is 1. The molecule has 1 aromatic rings. The van der Waals surface area contributed by atoms with Crippen molar-refractivity contribution in [2.75, 3.05) is 14.2 Å². The molecule has 0 fully saturated rings. The molecule has 0 aliphatic heterocycles. The van der Waals surface area contributed by atoms with E-state index >= 15 is 0 Å². The Morgan fingerprint density at radius 2 is 2.00 bits per heavy atom. The molecule has 0 amide bonds. The Bertz CT molecular complexity index is 330. The molecule has 0 aliphatic carbocycles. The second-order valence-corrected chi connectivity index (χ2v) is 2.37. The van der Waals surface area contributed by atoms with Crippen molar-refractivity contribution in [3.8, 4) is 11.5 Å². The van der Waals surface area contributed by atoms with Gasteiger partial charge in [0.25, 0.3) is 0 Å². The van der Waals surface area contributed by atoms with Crippen LogP contribution in [0.25, 0.3) is 0 Å². The van der Waals surface area contributed by atoms with Crippen LogP contribution in [-0.2, 0) is 0 Å². The molecule has 72 valence electrons. The number of carbonyl (C=O) groups is 1. The number of hydrogen-bond acceptors (Lipinski definition) is 3. The fourth-order valence-electron chi connectivity index (χ4n) is 0.975. The number of rotatable bonds is 3. The van der Waals surface area contributed by atoms with Crippen molar-refractivity contribution in [1.29, 1.82) is 0 Å². The summed E-state index contributed by atoms with van der Waals surface area (Å²) in [6, 6.07) is 4.55. The van der Waals surface area contributed by atoms with Gasteiger partial charge in [-0.1, -0.05) is 0 Å². The number of carboxylic acid groups (broad SMARTS) is 1. The first-order valence-electron chi connectivity index (χ1n) is 3.64. The maximum Gasteiger partial charge on any atom is 1.00 e. The Morgan fingerprint density at radius 3 is 2.43 bits per heavy atom. The van der Waals surface area contributed by atoms with Gasteiger partial charge in [-0.05, 0) is 12.1 Å². The Morgan fingerprint density at radius 1 is 1.36 bits per heavy atom. The quantitative estimate of drug-likeness (QED) is 0.613. The van der Waals surface area contributed by atoms with Gasteiger partial charge in [-0.25, -0.2) is 4.79 Å². The van der Waals surface area contributed by atoms with Crippen molar-refractivity contribution in [1.82, 2.24) is 0 Å². The molecular formula is C9H11NaO4. The van der Waals surface area contributed by atoms with Gasteiger partial charge in [0.2, 0.25) is 0 Å². The Labute approximate surface area is 106 Å². The summed E-state index contributed by atoms with van der Waals surface area (Å²) in [7, 11) is 2.93. The van der Waals surface area contributed by atoms with Crippen molar-refractivity contribution in [3.63, 3.8) is 0 Å². The Balaban J connectivity index is 0. The molecule has 0 saturated heterocycles. The Hall–Kier alpha value is -0.710. The summed E-state index contributed by atoms with van der Waals surface area (Å²) in [6.07, 6.45) is 0. The van der Waals surface area contributed by atoms with Crippen molar-refractivity contribution in [2.45, 2.75) is 0 Å². The molecule has 4 nitrogen and oxygen atoms in total. The van der Waals surface area contributed by atoms with E-state index in [0.29, 0.717) is 11.5 Å². The molecule has 0 aromatic heterocycles. The van der Waals surface area contributed by atoms with Gasteiger partial charge in [-0.15, -0.1) is 0 Å². The summed E-state index contributed by atoms with van der Waals surface area (Å²) < 4.78 is 9.81. The number of ether oxygens (including phenoxy) is 2. The van der Waals surface area contributed by atoms with Crippen LogP contribution in [0.3, 0.4) is 0 Å². The minimum Gasteiger partial charge on any atom is -1.00 e. The van der Waals surface area contributed by atoms with Crippen LogP contribution in [0.15, 0.2) is 18.2 Å². The van der Waals surface area contributed by atoms with E-state index < -0.39 is 5.97 Å². The van der Waals surface area contributed by atoms with Gasteiger partial charge in [-0.2, -0.15) is 0 Å². The third-order valence-electron chi connectivity index (χ3n) is 1.64. The number of benzene rings is 1. The third kappa shape index (κ3) is 2.90. The molecule has 14 heavy (non-hydrogen) atoms. The third-order valence-corrected chi connectivity index (χ3v) is 1.64. The largest absolute Gasteiger partial charge is 1.00 e.